The van der Waals surface area contributed by atoms with Crippen molar-refractivity contribution < 1.29 is 27.8 Å². The van der Waals surface area contributed by atoms with Crippen LogP contribution < -0.4 is 10.1 Å². The Hall–Kier alpha value is -5.61. The first kappa shape index (κ1) is 30.8. The summed E-state index contributed by atoms with van der Waals surface area (Å²) < 4.78 is 41.2. The van der Waals surface area contributed by atoms with Gasteiger partial charge in [-0.3, -0.25) is 14.2 Å². The maximum atomic E-state index is 14.9. The summed E-state index contributed by atoms with van der Waals surface area (Å²) in [6.07, 6.45) is 7.81. The molecule has 0 bridgehead atoms. The van der Waals surface area contributed by atoms with E-state index in [1.54, 1.807) is 49.6 Å². The van der Waals surface area contributed by atoms with Crippen LogP contribution in [0.3, 0.4) is 0 Å². The second kappa shape index (κ2) is 13.8. The van der Waals surface area contributed by atoms with E-state index in [0.29, 0.717) is 35.7 Å². The molecule has 0 fully saturated rings. The molecule has 1 N–H and O–H groups in total. The molecule has 0 aliphatic heterocycles. The zero-order valence-corrected chi connectivity index (χ0v) is 24.5. The van der Waals surface area contributed by atoms with Crippen molar-refractivity contribution in [2.24, 2.45) is 0 Å². The van der Waals surface area contributed by atoms with E-state index < -0.39 is 24.2 Å². The standard InChI is InChI=1S/C31H24ClF2N7O4/c1-40(13-2-15-45-31(43)19-7-10-36-11-8-19)30(42)21-4-3-20(17-23(21)32)39-28-29-38-18-24(41(29)14-12-37-28)22-5-6-25(44-16-9-35)27(34)26(22)33/h3-8,10-12,14,17-18H,2,13,15-16H2,1H3,(H,37,39). The average Bonchev–Trinajstić information content (AvgIpc) is 3.48. The smallest absolute Gasteiger partial charge is 0.338 e. The van der Waals surface area contributed by atoms with Gasteiger partial charge in [-0.15, -0.1) is 0 Å². The first-order chi connectivity index (χ1) is 21.8. The summed E-state index contributed by atoms with van der Waals surface area (Å²) in [4.78, 5) is 39.1. The van der Waals surface area contributed by atoms with Crippen molar-refractivity contribution >= 4 is 40.6 Å². The predicted molar refractivity (Wildman–Crippen MR) is 160 cm³/mol. The Balaban J connectivity index is 1.25. The van der Waals surface area contributed by atoms with E-state index in [1.807, 2.05) is 0 Å². The van der Waals surface area contributed by atoms with Crippen LogP contribution in [-0.4, -0.2) is 62.9 Å². The molecule has 11 nitrogen and oxygen atoms in total. The van der Waals surface area contributed by atoms with Crippen LogP contribution in [0.25, 0.3) is 16.9 Å². The molecular formula is C31H24ClF2N7O4. The van der Waals surface area contributed by atoms with E-state index in [4.69, 9.17) is 26.3 Å². The van der Waals surface area contributed by atoms with Crippen molar-refractivity contribution in [1.82, 2.24) is 24.3 Å². The van der Waals surface area contributed by atoms with Crippen molar-refractivity contribution in [1.29, 1.82) is 5.26 Å². The van der Waals surface area contributed by atoms with Crippen molar-refractivity contribution in [3.8, 4) is 23.1 Å². The molecule has 0 saturated carbocycles. The summed E-state index contributed by atoms with van der Waals surface area (Å²) in [6, 6.07) is 12.2. The van der Waals surface area contributed by atoms with Gasteiger partial charge in [0.1, 0.15) is 6.07 Å². The Morgan fingerprint density at radius 1 is 1.09 bits per heavy atom. The van der Waals surface area contributed by atoms with Crippen LogP contribution >= 0.6 is 11.6 Å². The van der Waals surface area contributed by atoms with Gasteiger partial charge in [-0.2, -0.15) is 9.65 Å². The van der Waals surface area contributed by atoms with Crippen LogP contribution in [0, 0.1) is 23.0 Å². The third-order valence-corrected chi connectivity index (χ3v) is 6.95. The van der Waals surface area contributed by atoms with Gasteiger partial charge in [0.25, 0.3) is 5.91 Å². The van der Waals surface area contributed by atoms with E-state index in [-0.39, 0.29) is 40.1 Å². The van der Waals surface area contributed by atoms with Gasteiger partial charge >= 0.3 is 5.97 Å². The molecule has 3 aromatic heterocycles. The molecular weight excluding hydrogens is 608 g/mol. The second-order valence-corrected chi connectivity index (χ2v) is 9.98. The van der Waals surface area contributed by atoms with Gasteiger partial charge in [-0.25, -0.2) is 19.2 Å². The van der Waals surface area contributed by atoms with Crippen molar-refractivity contribution in [2.75, 3.05) is 32.1 Å². The molecule has 0 aliphatic rings. The number of imidazole rings is 1. The van der Waals surface area contributed by atoms with Crippen LogP contribution in [0.5, 0.6) is 5.75 Å². The van der Waals surface area contributed by atoms with Gasteiger partial charge in [0, 0.05) is 49.6 Å². The Bertz CT molecular complexity index is 1910. The molecule has 1 amide bonds. The molecule has 0 radical (unpaired) electrons. The quantitative estimate of drug-likeness (QED) is 0.144. The second-order valence-electron chi connectivity index (χ2n) is 9.57. The number of pyridine rings is 1. The number of ether oxygens (including phenoxy) is 2. The van der Waals surface area contributed by atoms with Gasteiger partial charge < -0.3 is 19.7 Å². The largest absolute Gasteiger partial charge is 0.476 e. The molecule has 2 aromatic carbocycles. The first-order valence-corrected chi connectivity index (χ1v) is 13.9. The number of aromatic nitrogens is 4. The summed E-state index contributed by atoms with van der Waals surface area (Å²) >= 11 is 6.48. The number of benzene rings is 2. The zero-order chi connectivity index (χ0) is 31.9. The Labute approximate surface area is 260 Å². The number of nitrogens with one attached hydrogen (secondary N) is 1. The van der Waals surface area contributed by atoms with Crippen LogP contribution in [0.4, 0.5) is 20.3 Å². The van der Waals surface area contributed by atoms with E-state index in [1.165, 1.54) is 46.2 Å². The number of halogens is 3. The average molecular weight is 632 g/mol. The molecule has 45 heavy (non-hydrogen) atoms. The van der Waals surface area contributed by atoms with Crippen LogP contribution in [-0.2, 0) is 4.74 Å². The summed E-state index contributed by atoms with van der Waals surface area (Å²) in [5.41, 5.74) is 1.68. The number of hydrogen-bond acceptors (Lipinski definition) is 9. The normalized spacial score (nSPS) is 10.7. The molecule has 3 heterocycles. The lowest BCUT2D eigenvalue weighted by molar-refractivity contribution is 0.0488. The lowest BCUT2D eigenvalue weighted by Crippen LogP contribution is -2.28. The number of rotatable bonds is 11. The third-order valence-electron chi connectivity index (χ3n) is 6.64. The highest BCUT2D eigenvalue weighted by atomic mass is 35.5. The number of nitrogens with zero attached hydrogens (tertiary/aromatic N) is 6. The van der Waals surface area contributed by atoms with Crippen molar-refractivity contribution in [2.45, 2.75) is 6.42 Å². The number of esters is 1. The minimum atomic E-state index is -1.22. The van der Waals surface area contributed by atoms with Crippen LogP contribution in [0.2, 0.25) is 5.02 Å². The number of carbonyl (C=O) groups is 2. The van der Waals surface area contributed by atoms with Gasteiger partial charge in [-0.1, -0.05) is 11.6 Å². The lowest BCUT2D eigenvalue weighted by Gasteiger charge is -2.18. The minimum Gasteiger partial charge on any atom is -0.476 e. The molecule has 0 aliphatic carbocycles. The van der Waals surface area contributed by atoms with Crippen molar-refractivity contribution in [3.63, 3.8) is 0 Å². The number of anilines is 2. The fraction of sp³-hybridized carbons (Fsp3) is 0.161. The van der Waals surface area contributed by atoms with Gasteiger partial charge in [0.2, 0.25) is 5.82 Å². The lowest BCUT2D eigenvalue weighted by atomic mass is 10.1. The van der Waals surface area contributed by atoms with Gasteiger partial charge in [0.05, 0.1) is 34.6 Å². The highest BCUT2D eigenvalue weighted by Gasteiger charge is 2.20. The maximum absolute atomic E-state index is 14.9. The maximum Gasteiger partial charge on any atom is 0.338 e. The number of hydrogen-bond donors (Lipinski definition) is 1. The van der Waals surface area contributed by atoms with E-state index >= 15 is 0 Å². The Morgan fingerprint density at radius 3 is 2.64 bits per heavy atom. The Kier molecular flexibility index (Phi) is 9.45. The molecule has 0 atom stereocenters. The van der Waals surface area contributed by atoms with E-state index in [0.717, 1.165) is 0 Å². The molecule has 0 unspecified atom stereocenters. The number of nitriles is 1. The molecule has 5 aromatic rings. The molecule has 0 spiro atoms. The summed E-state index contributed by atoms with van der Waals surface area (Å²) in [5, 5.41) is 11.9. The fourth-order valence-corrected chi connectivity index (χ4v) is 4.67. The number of fused-ring (bicyclic) bond motifs is 1. The van der Waals surface area contributed by atoms with Crippen LogP contribution in [0.1, 0.15) is 27.1 Å². The molecule has 228 valence electrons. The zero-order valence-electron chi connectivity index (χ0n) is 23.7. The monoisotopic (exact) mass is 631 g/mol. The topological polar surface area (TPSA) is 135 Å². The van der Waals surface area contributed by atoms with Crippen molar-refractivity contribution in [3.05, 3.63) is 101 Å². The highest BCUT2D eigenvalue weighted by molar-refractivity contribution is 6.34. The minimum absolute atomic E-state index is 0.0663. The van der Waals surface area contributed by atoms with Crippen LogP contribution in [0.15, 0.2) is 73.4 Å². The first-order valence-electron chi connectivity index (χ1n) is 13.5. The molecule has 14 heteroatoms. The fourth-order valence-electron chi connectivity index (χ4n) is 4.41. The number of amides is 1. The van der Waals surface area contributed by atoms with E-state index in [2.05, 4.69) is 20.3 Å². The van der Waals surface area contributed by atoms with E-state index in [9.17, 15) is 18.4 Å². The van der Waals surface area contributed by atoms with Gasteiger partial charge in [-0.05, 0) is 48.9 Å². The number of carbonyl (C=O) groups excluding carboxylic acids is 2. The molecule has 5 rings (SSSR count). The Morgan fingerprint density at radius 2 is 1.89 bits per heavy atom. The third kappa shape index (κ3) is 6.81. The molecule has 0 saturated heterocycles. The summed E-state index contributed by atoms with van der Waals surface area (Å²) in [5.74, 6) is -3.22. The summed E-state index contributed by atoms with van der Waals surface area (Å²) in [6.45, 7) is 0.0364. The summed E-state index contributed by atoms with van der Waals surface area (Å²) in [7, 11) is 1.62. The SMILES string of the molecule is CN(CCCOC(=O)c1ccncc1)C(=O)c1ccc(Nc2nccn3c(-c4ccc(OCC#N)c(F)c4F)cnc23)cc1Cl. The highest BCUT2D eigenvalue weighted by Crippen LogP contribution is 2.32. The predicted octanol–water partition coefficient (Wildman–Crippen LogP) is 5.69. The van der Waals surface area contributed by atoms with Gasteiger partial charge in [0.15, 0.2) is 29.6 Å².